The lowest BCUT2D eigenvalue weighted by Gasteiger charge is -2.03. The molecular formula is C13H17N3. The fourth-order valence-electron chi connectivity index (χ4n) is 1.87. The van der Waals surface area contributed by atoms with E-state index in [4.69, 9.17) is 0 Å². The summed E-state index contributed by atoms with van der Waals surface area (Å²) in [5, 5.41) is 10.7. The van der Waals surface area contributed by atoms with Crippen molar-refractivity contribution in [3.05, 3.63) is 35.9 Å². The zero-order valence-corrected chi connectivity index (χ0v) is 9.75. The molecule has 0 saturated heterocycles. The third-order valence-electron chi connectivity index (χ3n) is 2.63. The van der Waals surface area contributed by atoms with Gasteiger partial charge in [0, 0.05) is 12.1 Å². The molecule has 0 atom stereocenters. The van der Waals surface area contributed by atoms with Gasteiger partial charge in [-0.15, -0.1) is 0 Å². The van der Waals surface area contributed by atoms with Crippen molar-refractivity contribution >= 4 is 5.82 Å². The van der Waals surface area contributed by atoms with E-state index in [0.717, 1.165) is 24.5 Å². The minimum absolute atomic E-state index is 0.895. The minimum atomic E-state index is 0.895. The van der Waals surface area contributed by atoms with E-state index in [1.165, 1.54) is 11.1 Å². The molecule has 3 nitrogen and oxygen atoms in total. The predicted molar refractivity (Wildman–Crippen MR) is 67.6 cm³/mol. The van der Waals surface area contributed by atoms with E-state index in [-0.39, 0.29) is 0 Å². The molecule has 0 spiro atoms. The van der Waals surface area contributed by atoms with E-state index in [0.29, 0.717) is 0 Å². The first-order valence-corrected chi connectivity index (χ1v) is 5.73. The number of hydrogen-bond donors (Lipinski definition) is 2. The topological polar surface area (TPSA) is 40.7 Å². The second kappa shape index (κ2) is 4.84. The van der Waals surface area contributed by atoms with E-state index >= 15 is 0 Å². The summed E-state index contributed by atoms with van der Waals surface area (Å²) in [4.78, 5) is 0. The number of nitrogens with one attached hydrogen (secondary N) is 2. The first-order chi connectivity index (χ1) is 7.86. The van der Waals surface area contributed by atoms with Gasteiger partial charge in [-0.3, -0.25) is 5.10 Å². The van der Waals surface area contributed by atoms with Crippen LogP contribution in [0, 0.1) is 0 Å². The van der Waals surface area contributed by atoms with Gasteiger partial charge in [-0.1, -0.05) is 37.3 Å². The fourth-order valence-corrected chi connectivity index (χ4v) is 1.87. The Balaban J connectivity index is 2.42. The molecule has 0 aliphatic heterocycles. The lowest BCUT2D eigenvalue weighted by atomic mass is 10.1. The number of H-pyrrole nitrogens is 1. The molecule has 1 heterocycles. The highest BCUT2D eigenvalue weighted by Gasteiger charge is 2.11. The number of benzene rings is 1. The summed E-state index contributed by atoms with van der Waals surface area (Å²) in [5.41, 5.74) is 3.57. The van der Waals surface area contributed by atoms with Crippen molar-refractivity contribution in [1.29, 1.82) is 0 Å². The van der Waals surface area contributed by atoms with Crippen LogP contribution in [0.4, 0.5) is 5.82 Å². The van der Waals surface area contributed by atoms with Gasteiger partial charge >= 0.3 is 0 Å². The van der Waals surface area contributed by atoms with Crippen LogP contribution in [0.1, 0.15) is 19.4 Å². The molecule has 0 radical (unpaired) electrons. The Hall–Kier alpha value is -1.77. The van der Waals surface area contributed by atoms with Gasteiger partial charge in [0.05, 0.1) is 5.69 Å². The van der Waals surface area contributed by atoms with Gasteiger partial charge in [-0.05, 0) is 18.9 Å². The Kier molecular flexibility index (Phi) is 3.25. The van der Waals surface area contributed by atoms with Gasteiger partial charge in [0.2, 0.25) is 0 Å². The monoisotopic (exact) mass is 215 g/mol. The second-order valence-corrected chi connectivity index (χ2v) is 3.68. The highest BCUT2D eigenvalue weighted by molar-refractivity contribution is 5.68. The average Bonchev–Trinajstić information content (AvgIpc) is 2.73. The van der Waals surface area contributed by atoms with E-state index < -0.39 is 0 Å². The minimum Gasteiger partial charge on any atom is -0.369 e. The average molecular weight is 215 g/mol. The Morgan fingerprint density at radius 2 is 1.94 bits per heavy atom. The van der Waals surface area contributed by atoms with E-state index in [1.54, 1.807) is 0 Å². The van der Waals surface area contributed by atoms with Crippen molar-refractivity contribution < 1.29 is 0 Å². The Labute approximate surface area is 95.9 Å². The number of aromatic nitrogens is 2. The largest absolute Gasteiger partial charge is 0.369 e. The molecule has 0 saturated carbocycles. The summed E-state index contributed by atoms with van der Waals surface area (Å²) in [6.45, 7) is 5.13. The Morgan fingerprint density at radius 3 is 2.56 bits per heavy atom. The molecule has 0 fully saturated rings. The second-order valence-electron chi connectivity index (χ2n) is 3.68. The summed E-state index contributed by atoms with van der Waals surface area (Å²) >= 11 is 0. The number of anilines is 1. The standard InChI is InChI=1S/C13H17N3/c1-3-11-12(10-8-6-5-7-9-10)15-16-13(11)14-4-2/h5-9H,3-4H2,1-2H3,(H2,14,15,16). The van der Waals surface area contributed by atoms with Gasteiger partial charge in [0.1, 0.15) is 0 Å². The van der Waals surface area contributed by atoms with Crippen LogP contribution in [-0.2, 0) is 6.42 Å². The van der Waals surface area contributed by atoms with Gasteiger partial charge in [0.15, 0.2) is 5.82 Å². The number of nitrogens with zero attached hydrogens (tertiary/aromatic N) is 1. The zero-order chi connectivity index (χ0) is 11.4. The van der Waals surface area contributed by atoms with Crippen LogP contribution in [0.25, 0.3) is 11.3 Å². The molecule has 0 unspecified atom stereocenters. The van der Waals surface area contributed by atoms with Crippen molar-refractivity contribution in [2.75, 3.05) is 11.9 Å². The van der Waals surface area contributed by atoms with Crippen LogP contribution in [-0.4, -0.2) is 16.7 Å². The molecule has 0 aliphatic rings. The summed E-state index contributed by atoms with van der Waals surface area (Å²) in [6.07, 6.45) is 0.975. The summed E-state index contributed by atoms with van der Waals surface area (Å²) in [6, 6.07) is 10.3. The van der Waals surface area contributed by atoms with Gasteiger partial charge in [-0.25, -0.2) is 0 Å². The fraction of sp³-hybridized carbons (Fsp3) is 0.308. The van der Waals surface area contributed by atoms with Crippen LogP contribution in [0.3, 0.4) is 0 Å². The molecule has 3 heteroatoms. The maximum atomic E-state index is 4.32. The third-order valence-corrected chi connectivity index (χ3v) is 2.63. The molecular weight excluding hydrogens is 198 g/mol. The summed E-state index contributed by atoms with van der Waals surface area (Å²) in [7, 11) is 0. The lowest BCUT2D eigenvalue weighted by Crippen LogP contribution is -1.99. The molecule has 2 N–H and O–H groups in total. The maximum absolute atomic E-state index is 4.32. The zero-order valence-electron chi connectivity index (χ0n) is 9.75. The van der Waals surface area contributed by atoms with Crippen molar-refractivity contribution in [3.8, 4) is 11.3 Å². The molecule has 1 aromatic carbocycles. The van der Waals surface area contributed by atoms with Crippen molar-refractivity contribution in [2.45, 2.75) is 20.3 Å². The SMILES string of the molecule is CCNc1n[nH]c(-c2ccccc2)c1CC. The van der Waals surface area contributed by atoms with Crippen LogP contribution in [0.5, 0.6) is 0 Å². The first-order valence-electron chi connectivity index (χ1n) is 5.73. The van der Waals surface area contributed by atoms with Crippen LogP contribution in [0.15, 0.2) is 30.3 Å². The number of rotatable bonds is 4. The highest BCUT2D eigenvalue weighted by Crippen LogP contribution is 2.26. The Bertz CT molecular complexity index is 445. The van der Waals surface area contributed by atoms with Gasteiger partial charge in [-0.2, -0.15) is 5.10 Å². The van der Waals surface area contributed by atoms with Crippen molar-refractivity contribution in [2.24, 2.45) is 0 Å². The molecule has 84 valence electrons. The van der Waals surface area contributed by atoms with Crippen LogP contribution < -0.4 is 5.32 Å². The predicted octanol–water partition coefficient (Wildman–Crippen LogP) is 3.07. The molecule has 0 amide bonds. The van der Waals surface area contributed by atoms with Crippen molar-refractivity contribution in [1.82, 2.24) is 10.2 Å². The maximum Gasteiger partial charge on any atom is 0.151 e. The highest BCUT2D eigenvalue weighted by atomic mass is 15.2. The lowest BCUT2D eigenvalue weighted by molar-refractivity contribution is 1.06. The van der Waals surface area contributed by atoms with Gasteiger partial charge in [0.25, 0.3) is 0 Å². The Morgan fingerprint density at radius 1 is 1.19 bits per heavy atom. The van der Waals surface area contributed by atoms with Crippen LogP contribution >= 0.6 is 0 Å². The molecule has 2 rings (SSSR count). The third kappa shape index (κ3) is 1.94. The van der Waals surface area contributed by atoms with Gasteiger partial charge < -0.3 is 5.32 Å². The van der Waals surface area contributed by atoms with E-state index in [1.807, 2.05) is 18.2 Å². The molecule has 0 bridgehead atoms. The first kappa shape index (κ1) is 10.7. The number of hydrogen-bond acceptors (Lipinski definition) is 2. The summed E-state index contributed by atoms with van der Waals surface area (Å²) in [5.74, 6) is 0.976. The van der Waals surface area contributed by atoms with Crippen molar-refractivity contribution in [3.63, 3.8) is 0 Å². The molecule has 1 aromatic heterocycles. The summed E-state index contributed by atoms with van der Waals surface area (Å²) < 4.78 is 0. The molecule has 0 aliphatic carbocycles. The van der Waals surface area contributed by atoms with E-state index in [2.05, 4.69) is 41.5 Å². The molecule has 16 heavy (non-hydrogen) atoms. The quantitative estimate of drug-likeness (QED) is 0.823. The smallest absolute Gasteiger partial charge is 0.151 e. The van der Waals surface area contributed by atoms with E-state index in [9.17, 15) is 0 Å². The number of aromatic amines is 1. The van der Waals surface area contributed by atoms with Crippen LogP contribution in [0.2, 0.25) is 0 Å². The normalized spacial score (nSPS) is 10.4. The molecule has 2 aromatic rings.